The van der Waals surface area contributed by atoms with Gasteiger partial charge in [0.15, 0.2) is 0 Å². The fraction of sp³-hybridized carbons (Fsp3) is 0.0952. The van der Waals surface area contributed by atoms with Crippen molar-refractivity contribution in [2.45, 2.75) is 6.10 Å². The number of imide groups is 1. The lowest BCUT2D eigenvalue weighted by Crippen LogP contribution is -2.33. The molecule has 3 aromatic rings. The second-order valence-electron chi connectivity index (χ2n) is 6.47. The molecule has 2 atom stereocenters. The molecule has 5 rings (SSSR count). The molecule has 0 spiro atoms. The molecule has 2 aliphatic rings. The van der Waals surface area contributed by atoms with Crippen molar-refractivity contribution < 1.29 is 14.4 Å². The Morgan fingerprint density at radius 3 is 2.48 bits per heavy atom. The topological polar surface area (TPSA) is 59.0 Å². The predicted molar refractivity (Wildman–Crippen MR) is 103 cm³/mol. The van der Waals surface area contributed by atoms with Crippen LogP contribution >= 0.6 is 11.6 Å². The smallest absolute Gasteiger partial charge is 0.278 e. The Morgan fingerprint density at radius 1 is 0.889 bits per heavy atom. The number of oxime groups is 1. The number of carbonyl (C=O) groups excluding carboxylic acids is 2. The average molecular weight is 377 g/mol. The number of anilines is 1. The second kappa shape index (κ2) is 5.93. The maximum atomic E-state index is 13.2. The number of halogens is 1. The summed E-state index contributed by atoms with van der Waals surface area (Å²) >= 11 is 6.26. The Morgan fingerprint density at radius 2 is 1.63 bits per heavy atom. The van der Waals surface area contributed by atoms with Crippen LogP contribution in [0.25, 0.3) is 10.8 Å². The third-order valence-corrected chi connectivity index (χ3v) is 5.30. The van der Waals surface area contributed by atoms with E-state index in [0.29, 0.717) is 22.0 Å². The Bertz CT molecular complexity index is 1140. The number of carbonyl (C=O) groups is 2. The summed E-state index contributed by atoms with van der Waals surface area (Å²) in [7, 11) is 0. The molecule has 2 heterocycles. The maximum absolute atomic E-state index is 13.2. The standard InChI is InChI=1S/C21H13ClN2O3/c22-15-10-4-3-9-14(15)18-17-19(27-23-18)21(26)24(20(17)25)16-11-5-7-12-6-1-2-8-13(12)16/h1-11,17,19H/t17-,19-/m1/s1. The number of nitrogens with zero attached hydrogens (tertiary/aromatic N) is 2. The Hall–Kier alpha value is -3.18. The SMILES string of the molecule is O=C1[C@@H]2C(c3ccccc3Cl)=NO[C@H]2C(=O)N1c1cccc2ccccc12. The van der Waals surface area contributed by atoms with Gasteiger partial charge in [-0.2, -0.15) is 0 Å². The van der Waals surface area contributed by atoms with E-state index < -0.39 is 17.9 Å². The van der Waals surface area contributed by atoms with E-state index in [1.807, 2.05) is 36.4 Å². The van der Waals surface area contributed by atoms with Gasteiger partial charge in [0.25, 0.3) is 5.91 Å². The van der Waals surface area contributed by atoms with Gasteiger partial charge >= 0.3 is 0 Å². The third-order valence-electron chi connectivity index (χ3n) is 4.97. The van der Waals surface area contributed by atoms with Crippen LogP contribution in [0.4, 0.5) is 5.69 Å². The van der Waals surface area contributed by atoms with Gasteiger partial charge in [0.05, 0.1) is 5.69 Å². The van der Waals surface area contributed by atoms with Gasteiger partial charge in [0.2, 0.25) is 12.0 Å². The van der Waals surface area contributed by atoms with E-state index in [9.17, 15) is 9.59 Å². The third kappa shape index (κ3) is 2.28. The molecule has 0 unspecified atom stereocenters. The average Bonchev–Trinajstić information content (AvgIpc) is 3.22. The summed E-state index contributed by atoms with van der Waals surface area (Å²) in [6.07, 6.45) is -0.956. The molecule has 0 aromatic heterocycles. The lowest BCUT2D eigenvalue weighted by molar-refractivity contribution is -0.126. The van der Waals surface area contributed by atoms with Crippen LogP contribution < -0.4 is 4.90 Å². The number of rotatable bonds is 2. The van der Waals surface area contributed by atoms with Crippen LogP contribution in [-0.4, -0.2) is 23.6 Å². The van der Waals surface area contributed by atoms with E-state index in [4.69, 9.17) is 16.4 Å². The van der Waals surface area contributed by atoms with Gasteiger partial charge in [-0.25, -0.2) is 4.90 Å². The first-order valence-corrected chi connectivity index (χ1v) is 8.89. The van der Waals surface area contributed by atoms with Crippen LogP contribution in [0.5, 0.6) is 0 Å². The van der Waals surface area contributed by atoms with Crippen LogP contribution in [0.3, 0.4) is 0 Å². The van der Waals surface area contributed by atoms with Crippen molar-refractivity contribution in [1.29, 1.82) is 0 Å². The van der Waals surface area contributed by atoms with Crippen LogP contribution in [0, 0.1) is 5.92 Å². The van der Waals surface area contributed by atoms with Crippen molar-refractivity contribution in [1.82, 2.24) is 0 Å². The van der Waals surface area contributed by atoms with Crippen molar-refractivity contribution in [2.75, 3.05) is 4.90 Å². The van der Waals surface area contributed by atoms with E-state index in [1.165, 1.54) is 4.90 Å². The highest BCUT2D eigenvalue weighted by atomic mass is 35.5. The fourth-order valence-corrected chi connectivity index (χ4v) is 3.94. The Labute approximate surface area is 159 Å². The molecule has 1 fully saturated rings. The second-order valence-corrected chi connectivity index (χ2v) is 6.88. The van der Waals surface area contributed by atoms with Crippen molar-refractivity contribution in [3.05, 3.63) is 77.3 Å². The molecule has 6 heteroatoms. The predicted octanol–water partition coefficient (Wildman–Crippen LogP) is 3.79. The number of amides is 2. The van der Waals surface area contributed by atoms with E-state index in [2.05, 4.69) is 5.16 Å². The molecule has 132 valence electrons. The highest BCUT2D eigenvalue weighted by Crippen LogP contribution is 2.38. The van der Waals surface area contributed by atoms with Crippen LogP contribution in [0.15, 0.2) is 71.9 Å². The molecule has 3 aromatic carbocycles. The minimum Gasteiger partial charge on any atom is -0.381 e. The maximum Gasteiger partial charge on any atom is 0.278 e. The van der Waals surface area contributed by atoms with E-state index in [-0.39, 0.29) is 5.91 Å². The molecular weight excluding hydrogens is 364 g/mol. The minimum absolute atomic E-state index is 0.350. The monoisotopic (exact) mass is 376 g/mol. The molecule has 2 aliphatic heterocycles. The highest BCUT2D eigenvalue weighted by molar-refractivity contribution is 6.38. The first-order chi connectivity index (χ1) is 13.2. The normalized spacial score (nSPS) is 21.4. The van der Waals surface area contributed by atoms with E-state index in [1.54, 1.807) is 30.3 Å². The van der Waals surface area contributed by atoms with Gasteiger partial charge in [-0.05, 0) is 17.5 Å². The van der Waals surface area contributed by atoms with Gasteiger partial charge in [0, 0.05) is 16.0 Å². The summed E-state index contributed by atoms with van der Waals surface area (Å²) in [5, 5.41) is 6.25. The Balaban J connectivity index is 1.61. The van der Waals surface area contributed by atoms with Crippen LogP contribution in [-0.2, 0) is 14.4 Å². The quantitative estimate of drug-likeness (QED) is 0.639. The summed E-state index contributed by atoms with van der Waals surface area (Å²) in [6, 6.07) is 20.3. The zero-order valence-corrected chi connectivity index (χ0v) is 14.8. The number of hydrogen-bond acceptors (Lipinski definition) is 4. The molecule has 0 N–H and O–H groups in total. The van der Waals surface area contributed by atoms with Gasteiger partial charge in [-0.3, -0.25) is 9.59 Å². The first kappa shape index (κ1) is 16.0. The molecular formula is C21H13ClN2O3. The van der Waals surface area contributed by atoms with Crippen molar-refractivity contribution in [3.63, 3.8) is 0 Å². The van der Waals surface area contributed by atoms with E-state index >= 15 is 0 Å². The number of benzene rings is 3. The van der Waals surface area contributed by atoms with Crippen molar-refractivity contribution >= 4 is 45.6 Å². The molecule has 0 saturated carbocycles. The summed E-state index contributed by atoms with van der Waals surface area (Å²) in [5.41, 5.74) is 1.55. The summed E-state index contributed by atoms with van der Waals surface area (Å²) < 4.78 is 0. The summed E-state index contributed by atoms with van der Waals surface area (Å²) in [6.45, 7) is 0. The highest BCUT2D eigenvalue weighted by Gasteiger charge is 2.56. The summed E-state index contributed by atoms with van der Waals surface area (Å²) in [5.74, 6) is -1.55. The van der Waals surface area contributed by atoms with Gasteiger partial charge in [0.1, 0.15) is 11.6 Å². The largest absolute Gasteiger partial charge is 0.381 e. The van der Waals surface area contributed by atoms with E-state index in [0.717, 1.165) is 10.8 Å². The number of hydrogen-bond donors (Lipinski definition) is 0. The molecule has 0 radical (unpaired) electrons. The molecule has 5 nitrogen and oxygen atoms in total. The fourth-order valence-electron chi connectivity index (χ4n) is 3.71. The number of fused-ring (bicyclic) bond motifs is 2. The van der Waals surface area contributed by atoms with Gasteiger partial charge in [-0.15, -0.1) is 0 Å². The lowest BCUT2D eigenvalue weighted by Gasteiger charge is -2.17. The van der Waals surface area contributed by atoms with Gasteiger partial charge < -0.3 is 4.84 Å². The molecule has 27 heavy (non-hydrogen) atoms. The molecule has 1 saturated heterocycles. The zero-order chi connectivity index (χ0) is 18.5. The lowest BCUT2D eigenvalue weighted by atomic mass is 9.94. The van der Waals surface area contributed by atoms with Gasteiger partial charge in [-0.1, -0.05) is 71.4 Å². The van der Waals surface area contributed by atoms with Crippen LogP contribution in [0.2, 0.25) is 5.02 Å². The molecule has 0 aliphatic carbocycles. The summed E-state index contributed by atoms with van der Waals surface area (Å²) in [4.78, 5) is 32.8. The van der Waals surface area contributed by atoms with Crippen molar-refractivity contribution in [2.24, 2.45) is 11.1 Å². The first-order valence-electron chi connectivity index (χ1n) is 8.51. The minimum atomic E-state index is -0.956. The molecule has 0 bridgehead atoms. The molecule has 2 amide bonds. The van der Waals surface area contributed by atoms with Crippen molar-refractivity contribution in [3.8, 4) is 0 Å². The zero-order valence-electron chi connectivity index (χ0n) is 14.0. The van der Waals surface area contributed by atoms with Crippen LogP contribution in [0.1, 0.15) is 5.56 Å². The Kier molecular flexibility index (Phi) is 3.52.